The van der Waals surface area contributed by atoms with Crippen LogP contribution in [0, 0.1) is 0 Å². The lowest BCUT2D eigenvalue weighted by Gasteiger charge is -2.28. The van der Waals surface area contributed by atoms with Crippen LogP contribution in [0.3, 0.4) is 0 Å². The SMILES string of the molecule is CCOC(=O)c1ncn(C2C=CN(C(=O)OC(C)(C)C)CC2)n1. The van der Waals surface area contributed by atoms with Crippen molar-refractivity contribution in [2.75, 3.05) is 13.2 Å². The summed E-state index contributed by atoms with van der Waals surface area (Å²) >= 11 is 0. The van der Waals surface area contributed by atoms with Crippen LogP contribution < -0.4 is 0 Å². The minimum Gasteiger partial charge on any atom is -0.460 e. The number of aromatic nitrogens is 3. The highest BCUT2D eigenvalue weighted by molar-refractivity contribution is 5.84. The van der Waals surface area contributed by atoms with E-state index < -0.39 is 11.6 Å². The normalized spacial score (nSPS) is 17.9. The van der Waals surface area contributed by atoms with Gasteiger partial charge in [-0.15, -0.1) is 5.10 Å². The first-order chi connectivity index (χ1) is 10.8. The third-order valence-electron chi connectivity index (χ3n) is 3.09. The lowest BCUT2D eigenvalue weighted by Crippen LogP contribution is -2.36. The molecule has 23 heavy (non-hydrogen) atoms. The molecule has 0 aliphatic carbocycles. The molecule has 1 aromatic heterocycles. The number of amides is 1. The lowest BCUT2D eigenvalue weighted by atomic mass is 10.1. The third kappa shape index (κ3) is 4.54. The Bertz CT molecular complexity index is 603. The molecule has 0 bridgehead atoms. The van der Waals surface area contributed by atoms with Gasteiger partial charge in [-0.3, -0.25) is 4.90 Å². The number of hydrogen-bond acceptors (Lipinski definition) is 6. The fourth-order valence-corrected chi connectivity index (χ4v) is 2.06. The van der Waals surface area contributed by atoms with Crippen molar-refractivity contribution in [3.05, 3.63) is 24.4 Å². The molecule has 1 aromatic rings. The molecule has 0 spiro atoms. The summed E-state index contributed by atoms with van der Waals surface area (Å²) in [5.41, 5.74) is -0.526. The number of ether oxygens (including phenoxy) is 2. The Kier molecular flexibility index (Phi) is 5.02. The van der Waals surface area contributed by atoms with Gasteiger partial charge < -0.3 is 9.47 Å². The van der Waals surface area contributed by atoms with Crippen LogP contribution in [0.1, 0.15) is 50.8 Å². The van der Waals surface area contributed by atoms with Crippen LogP contribution in [-0.4, -0.2) is 50.5 Å². The number of nitrogens with zero attached hydrogens (tertiary/aromatic N) is 4. The molecule has 1 atom stereocenters. The quantitative estimate of drug-likeness (QED) is 0.793. The van der Waals surface area contributed by atoms with Crippen LogP contribution in [0.25, 0.3) is 0 Å². The molecule has 0 fully saturated rings. The molecule has 1 aliphatic rings. The van der Waals surface area contributed by atoms with E-state index in [4.69, 9.17) is 9.47 Å². The lowest BCUT2D eigenvalue weighted by molar-refractivity contribution is 0.0319. The Morgan fingerprint density at radius 3 is 2.70 bits per heavy atom. The first-order valence-corrected chi connectivity index (χ1v) is 7.56. The molecule has 2 heterocycles. The second-order valence-corrected chi connectivity index (χ2v) is 6.14. The average Bonchev–Trinajstić information content (AvgIpc) is 2.96. The van der Waals surface area contributed by atoms with Crippen molar-refractivity contribution >= 4 is 12.1 Å². The van der Waals surface area contributed by atoms with E-state index in [0.29, 0.717) is 13.0 Å². The molecule has 0 aromatic carbocycles. The fourth-order valence-electron chi connectivity index (χ4n) is 2.06. The Labute approximate surface area is 135 Å². The number of carbonyl (C=O) groups excluding carboxylic acids is 2. The van der Waals surface area contributed by atoms with E-state index in [2.05, 4.69) is 10.1 Å². The minimum atomic E-state index is -0.540. The van der Waals surface area contributed by atoms with E-state index in [-0.39, 0.29) is 24.6 Å². The summed E-state index contributed by atoms with van der Waals surface area (Å²) in [6.45, 7) is 7.99. The fraction of sp³-hybridized carbons (Fsp3) is 0.600. The van der Waals surface area contributed by atoms with Crippen LogP contribution in [0.4, 0.5) is 4.79 Å². The second-order valence-electron chi connectivity index (χ2n) is 6.14. The van der Waals surface area contributed by atoms with Gasteiger partial charge in [-0.25, -0.2) is 19.3 Å². The van der Waals surface area contributed by atoms with Crippen molar-refractivity contribution in [2.24, 2.45) is 0 Å². The maximum atomic E-state index is 12.0. The van der Waals surface area contributed by atoms with Crippen molar-refractivity contribution in [3.8, 4) is 0 Å². The van der Waals surface area contributed by atoms with Gasteiger partial charge in [0, 0.05) is 12.7 Å². The van der Waals surface area contributed by atoms with Gasteiger partial charge in [0.05, 0.1) is 12.6 Å². The summed E-state index contributed by atoms with van der Waals surface area (Å²) in [7, 11) is 0. The molecule has 0 saturated carbocycles. The van der Waals surface area contributed by atoms with Gasteiger partial charge in [-0.05, 0) is 40.2 Å². The predicted octanol–water partition coefficient (Wildman–Crippen LogP) is 2.15. The standard InChI is InChI=1S/C15H22N4O4/c1-5-22-13(20)12-16-10-19(17-12)11-6-8-18(9-7-11)14(21)23-15(2,3)4/h6,8,10-11H,5,7,9H2,1-4H3. The number of allylic oxidation sites excluding steroid dienone is 1. The molecule has 126 valence electrons. The van der Waals surface area contributed by atoms with Crippen molar-refractivity contribution in [2.45, 2.75) is 45.8 Å². The van der Waals surface area contributed by atoms with Gasteiger partial charge in [-0.1, -0.05) is 0 Å². The number of carbonyl (C=O) groups is 2. The summed E-state index contributed by atoms with van der Waals surface area (Å²) in [6.07, 6.45) is 5.27. The topological polar surface area (TPSA) is 86.6 Å². The highest BCUT2D eigenvalue weighted by Crippen LogP contribution is 2.20. The molecular weight excluding hydrogens is 300 g/mol. The molecule has 0 radical (unpaired) electrons. The van der Waals surface area contributed by atoms with Gasteiger partial charge in [0.25, 0.3) is 5.82 Å². The monoisotopic (exact) mass is 322 g/mol. The van der Waals surface area contributed by atoms with Gasteiger partial charge in [-0.2, -0.15) is 0 Å². The molecule has 1 aliphatic heterocycles. The number of rotatable bonds is 3. The van der Waals surface area contributed by atoms with Crippen molar-refractivity contribution in [1.29, 1.82) is 0 Å². The van der Waals surface area contributed by atoms with Crippen LogP contribution in [-0.2, 0) is 9.47 Å². The van der Waals surface area contributed by atoms with E-state index in [1.807, 2.05) is 26.8 Å². The van der Waals surface area contributed by atoms with Crippen molar-refractivity contribution in [1.82, 2.24) is 19.7 Å². The molecular formula is C15H22N4O4. The van der Waals surface area contributed by atoms with Crippen LogP contribution in [0.2, 0.25) is 0 Å². The highest BCUT2D eigenvalue weighted by atomic mass is 16.6. The third-order valence-corrected chi connectivity index (χ3v) is 3.09. The number of esters is 1. The van der Waals surface area contributed by atoms with Crippen molar-refractivity contribution < 1.29 is 19.1 Å². The van der Waals surface area contributed by atoms with E-state index in [0.717, 1.165) is 0 Å². The van der Waals surface area contributed by atoms with E-state index in [1.54, 1.807) is 17.8 Å². The Hall–Kier alpha value is -2.38. The van der Waals surface area contributed by atoms with Gasteiger partial charge in [0.1, 0.15) is 11.9 Å². The smallest absolute Gasteiger partial charge is 0.414 e. The molecule has 0 saturated heterocycles. The molecule has 8 nitrogen and oxygen atoms in total. The van der Waals surface area contributed by atoms with E-state index >= 15 is 0 Å². The van der Waals surface area contributed by atoms with Gasteiger partial charge in [0.15, 0.2) is 0 Å². The largest absolute Gasteiger partial charge is 0.460 e. The molecule has 0 N–H and O–H groups in total. The Balaban J connectivity index is 1.99. The van der Waals surface area contributed by atoms with Crippen LogP contribution >= 0.6 is 0 Å². The zero-order valence-electron chi connectivity index (χ0n) is 13.9. The first kappa shape index (κ1) is 17.0. The zero-order valence-corrected chi connectivity index (χ0v) is 13.9. The maximum Gasteiger partial charge on any atom is 0.414 e. The van der Waals surface area contributed by atoms with Gasteiger partial charge in [0.2, 0.25) is 0 Å². The summed E-state index contributed by atoms with van der Waals surface area (Å²) < 4.78 is 11.8. The average molecular weight is 322 g/mol. The molecule has 2 rings (SSSR count). The number of hydrogen-bond donors (Lipinski definition) is 0. The highest BCUT2D eigenvalue weighted by Gasteiger charge is 2.25. The summed E-state index contributed by atoms with van der Waals surface area (Å²) in [5, 5.41) is 4.13. The first-order valence-electron chi connectivity index (χ1n) is 7.56. The second kappa shape index (κ2) is 6.80. The van der Waals surface area contributed by atoms with Crippen molar-refractivity contribution in [3.63, 3.8) is 0 Å². The molecule has 8 heteroatoms. The minimum absolute atomic E-state index is 0.0369. The summed E-state index contributed by atoms with van der Waals surface area (Å²) in [6, 6.07) is -0.0654. The predicted molar refractivity (Wildman–Crippen MR) is 81.7 cm³/mol. The van der Waals surface area contributed by atoms with E-state index in [9.17, 15) is 9.59 Å². The molecule has 1 amide bonds. The van der Waals surface area contributed by atoms with Gasteiger partial charge >= 0.3 is 12.1 Å². The Morgan fingerprint density at radius 1 is 1.39 bits per heavy atom. The molecule has 1 unspecified atom stereocenters. The zero-order chi connectivity index (χ0) is 17.0. The van der Waals surface area contributed by atoms with Crippen LogP contribution in [0.5, 0.6) is 0 Å². The Morgan fingerprint density at radius 2 is 2.13 bits per heavy atom. The van der Waals surface area contributed by atoms with E-state index in [1.165, 1.54) is 11.2 Å². The summed E-state index contributed by atoms with van der Waals surface area (Å²) in [5.74, 6) is -0.503. The maximum absolute atomic E-state index is 12.0. The summed E-state index contributed by atoms with van der Waals surface area (Å²) in [4.78, 5) is 29.0. The van der Waals surface area contributed by atoms with Crippen LogP contribution in [0.15, 0.2) is 18.6 Å².